The minimum Gasteiger partial charge on any atom is -0.453 e. The second-order valence-corrected chi connectivity index (χ2v) is 8.02. The molecule has 2 aromatic carbocycles. The summed E-state index contributed by atoms with van der Waals surface area (Å²) in [6.07, 6.45) is -3.59. The largest absolute Gasteiger partial charge is 0.453 e. The molecule has 7 nitrogen and oxygen atoms in total. The number of hydrogen-bond acceptors (Lipinski definition) is 5. The Morgan fingerprint density at radius 2 is 1.76 bits per heavy atom. The maximum atomic E-state index is 14.9. The van der Waals surface area contributed by atoms with E-state index in [1.54, 1.807) is 6.07 Å². The summed E-state index contributed by atoms with van der Waals surface area (Å²) in [5.41, 5.74) is 8.33. The standard InChI is InChI=1S/C22H14F4IN5O2/c23-13-10-11(6-7-14(13)34-15-8-9-30-20(28)17(15)27)18-16(21(29)33)19(22(24,25)26)32(31-18)12-4-2-1-3-5-12/h1-10H,(H2,28,30)(H2,29,33). The number of rotatable bonds is 5. The first-order valence-corrected chi connectivity index (χ1v) is 10.6. The van der Waals surface area contributed by atoms with Crippen molar-refractivity contribution < 1.29 is 27.1 Å². The molecule has 174 valence electrons. The number of nitrogens with zero attached hydrogens (tertiary/aromatic N) is 3. The number of nitrogens with two attached hydrogens (primary N) is 2. The number of amides is 1. The quantitative estimate of drug-likeness (QED) is 0.249. The van der Waals surface area contributed by atoms with Crippen LogP contribution in [0.4, 0.5) is 23.4 Å². The molecule has 4 rings (SSSR count). The highest BCUT2D eigenvalue weighted by atomic mass is 127. The minimum atomic E-state index is -4.97. The van der Waals surface area contributed by atoms with E-state index in [1.807, 2.05) is 22.6 Å². The fraction of sp³-hybridized carbons (Fsp3) is 0.0455. The van der Waals surface area contributed by atoms with Gasteiger partial charge in [0.25, 0.3) is 5.91 Å². The molecule has 0 radical (unpaired) electrons. The third kappa shape index (κ3) is 4.40. The number of hydrogen-bond donors (Lipinski definition) is 2. The zero-order chi connectivity index (χ0) is 24.6. The summed E-state index contributed by atoms with van der Waals surface area (Å²) in [6, 6.07) is 12.3. The molecule has 12 heteroatoms. The van der Waals surface area contributed by atoms with Gasteiger partial charge in [0.05, 0.1) is 14.8 Å². The van der Waals surface area contributed by atoms with Gasteiger partial charge in [-0.15, -0.1) is 0 Å². The number of primary amides is 1. The summed E-state index contributed by atoms with van der Waals surface area (Å²) < 4.78 is 63.4. The first-order chi connectivity index (χ1) is 16.1. The summed E-state index contributed by atoms with van der Waals surface area (Å²) in [7, 11) is 0. The van der Waals surface area contributed by atoms with Gasteiger partial charge in [0.2, 0.25) is 0 Å². The van der Waals surface area contributed by atoms with Crippen molar-refractivity contribution in [3.05, 3.63) is 81.4 Å². The van der Waals surface area contributed by atoms with Gasteiger partial charge in [-0.1, -0.05) is 18.2 Å². The fourth-order valence-electron chi connectivity index (χ4n) is 3.24. The van der Waals surface area contributed by atoms with Gasteiger partial charge in [0.15, 0.2) is 17.3 Å². The number of ether oxygens (including phenoxy) is 1. The molecule has 0 aliphatic heterocycles. The van der Waals surface area contributed by atoms with Crippen LogP contribution in [0, 0.1) is 9.39 Å². The Morgan fingerprint density at radius 3 is 2.38 bits per heavy atom. The molecule has 0 saturated carbocycles. The van der Waals surface area contributed by atoms with Crippen molar-refractivity contribution in [1.82, 2.24) is 14.8 Å². The number of benzene rings is 2. The Balaban J connectivity index is 1.84. The topological polar surface area (TPSA) is 109 Å². The molecule has 2 aromatic heterocycles. The highest BCUT2D eigenvalue weighted by Crippen LogP contribution is 2.39. The monoisotopic (exact) mass is 583 g/mol. The average molecular weight is 583 g/mol. The molecule has 0 aliphatic carbocycles. The number of pyridine rings is 1. The van der Waals surface area contributed by atoms with Crippen molar-refractivity contribution >= 4 is 34.3 Å². The fourth-order valence-corrected chi connectivity index (χ4v) is 3.67. The SMILES string of the molecule is NC(=O)c1c(-c2ccc(Oc3ccnc(N)c3I)c(F)c2)nn(-c2ccccc2)c1C(F)(F)F. The van der Waals surface area contributed by atoms with Gasteiger partial charge in [0, 0.05) is 17.8 Å². The maximum Gasteiger partial charge on any atom is 0.434 e. The van der Waals surface area contributed by atoms with Crippen LogP contribution in [0.5, 0.6) is 11.5 Å². The van der Waals surface area contributed by atoms with Gasteiger partial charge in [-0.3, -0.25) is 4.79 Å². The van der Waals surface area contributed by atoms with Gasteiger partial charge in [-0.2, -0.15) is 18.3 Å². The summed E-state index contributed by atoms with van der Waals surface area (Å²) in [5, 5.41) is 3.98. The van der Waals surface area contributed by atoms with Crippen molar-refractivity contribution in [2.45, 2.75) is 6.18 Å². The molecule has 4 aromatic rings. The number of carbonyl (C=O) groups is 1. The van der Waals surface area contributed by atoms with Gasteiger partial charge >= 0.3 is 6.18 Å². The van der Waals surface area contributed by atoms with Crippen LogP contribution in [0.25, 0.3) is 16.9 Å². The van der Waals surface area contributed by atoms with Gasteiger partial charge in [-0.05, 0) is 52.9 Å². The molecule has 1 amide bonds. The predicted molar refractivity (Wildman–Crippen MR) is 124 cm³/mol. The van der Waals surface area contributed by atoms with Gasteiger partial charge in [0.1, 0.15) is 17.3 Å². The second kappa shape index (κ2) is 8.93. The van der Waals surface area contributed by atoms with Crippen molar-refractivity contribution in [2.24, 2.45) is 5.73 Å². The first-order valence-electron chi connectivity index (χ1n) is 9.51. The van der Waals surface area contributed by atoms with Crippen LogP contribution < -0.4 is 16.2 Å². The van der Waals surface area contributed by atoms with E-state index < -0.39 is 34.9 Å². The van der Waals surface area contributed by atoms with E-state index in [0.29, 0.717) is 8.25 Å². The van der Waals surface area contributed by atoms with Crippen LogP contribution in [0.3, 0.4) is 0 Å². The third-order valence-electron chi connectivity index (χ3n) is 4.71. The molecule has 0 aliphatic rings. The Kier molecular flexibility index (Phi) is 6.17. The van der Waals surface area contributed by atoms with Gasteiger partial charge in [-0.25, -0.2) is 14.1 Å². The van der Waals surface area contributed by atoms with E-state index in [9.17, 15) is 22.4 Å². The van der Waals surface area contributed by atoms with Crippen molar-refractivity contribution in [2.75, 3.05) is 5.73 Å². The molecule has 0 bridgehead atoms. The molecule has 0 atom stereocenters. The zero-order valence-electron chi connectivity index (χ0n) is 17.0. The Labute approximate surface area is 203 Å². The van der Waals surface area contributed by atoms with Crippen LogP contribution in [-0.4, -0.2) is 20.7 Å². The summed E-state index contributed by atoms with van der Waals surface area (Å²) in [6.45, 7) is 0. The number of aromatic nitrogens is 3. The Morgan fingerprint density at radius 1 is 1.06 bits per heavy atom. The molecular weight excluding hydrogens is 569 g/mol. The molecule has 2 heterocycles. The number of halogens is 5. The van der Waals surface area contributed by atoms with Crippen LogP contribution in [0.15, 0.2) is 60.8 Å². The molecular formula is C22H14F4IN5O2. The first kappa shape index (κ1) is 23.5. The second-order valence-electron chi connectivity index (χ2n) is 6.94. The molecule has 0 spiro atoms. The average Bonchev–Trinajstić information content (AvgIpc) is 3.20. The Bertz CT molecular complexity index is 1390. The lowest BCUT2D eigenvalue weighted by Crippen LogP contribution is -2.21. The number of nitrogen functional groups attached to an aromatic ring is 1. The maximum absolute atomic E-state index is 14.9. The lowest BCUT2D eigenvalue weighted by Gasteiger charge is -2.11. The molecule has 4 N–H and O–H groups in total. The third-order valence-corrected chi connectivity index (χ3v) is 5.79. The molecule has 34 heavy (non-hydrogen) atoms. The van der Waals surface area contributed by atoms with E-state index >= 15 is 0 Å². The highest BCUT2D eigenvalue weighted by Gasteiger charge is 2.42. The predicted octanol–water partition coefficient (Wildman–Crippen LogP) is 5.17. The number of anilines is 1. The smallest absolute Gasteiger partial charge is 0.434 e. The number of alkyl halides is 3. The summed E-state index contributed by atoms with van der Waals surface area (Å²) >= 11 is 1.88. The Hall–Kier alpha value is -3.68. The molecule has 0 unspecified atom stereocenters. The summed E-state index contributed by atoms with van der Waals surface area (Å²) in [5.74, 6) is -2.04. The van der Waals surface area contributed by atoms with E-state index in [-0.39, 0.29) is 28.6 Å². The van der Waals surface area contributed by atoms with E-state index in [1.165, 1.54) is 48.7 Å². The minimum absolute atomic E-state index is 0.0499. The lowest BCUT2D eigenvalue weighted by atomic mass is 10.0. The highest BCUT2D eigenvalue weighted by molar-refractivity contribution is 14.1. The van der Waals surface area contributed by atoms with Crippen molar-refractivity contribution in [3.8, 4) is 28.4 Å². The number of para-hydroxylation sites is 1. The van der Waals surface area contributed by atoms with Crippen LogP contribution >= 0.6 is 22.6 Å². The van der Waals surface area contributed by atoms with Crippen molar-refractivity contribution in [1.29, 1.82) is 0 Å². The summed E-state index contributed by atoms with van der Waals surface area (Å²) in [4.78, 5) is 16.0. The van der Waals surface area contributed by atoms with E-state index in [2.05, 4.69) is 10.1 Å². The molecule has 0 fully saturated rings. The van der Waals surface area contributed by atoms with Crippen LogP contribution in [-0.2, 0) is 6.18 Å². The number of carbonyl (C=O) groups excluding carboxylic acids is 1. The molecule has 0 saturated heterocycles. The lowest BCUT2D eigenvalue weighted by molar-refractivity contribution is -0.143. The zero-order valence-corrected chi connectivity index (χ0v) is 19.1. The van der Waals surface area contributed by atoms with Crippen molar-refractivity contribution in [3.63, 3.8) is 0 Å². The van der Waals surface area contributed by atoms with Gasteiger partial charge < -0.3 is 16.2 Å². The van der Waals surface area contributed by atoms with Crippen LogP contribution in [0.1, 0.15) is 16.1 Å². The van der Waals surface area contributed by atoms with E-state index in [0.717, 1.165) is 6.07 Å². The van der Waals surface area contributed by atoms with E-state index in [4.69, 9.17) is 16.2 Å². The van der Waals surface area contributed by atoms with Crippen LogP contribution in [0.2, 0.25) is 0 Å². The normalized spacial score (nSPS) is 11.4.